The Hall–Kier alpha value is -0.860. The van der Waals surface area contributed by atoms with Crippen molar-refractivity contribution in [3.63, 3.8) is 0 Å². The van der Waals surface area contributed by atoms with E-state index in [1.54, 1.807) is 0 Å². The third-order valence-electron chi connectivity index (χ3n) is 2.68. The number of nitrogens with zero attached hydrogens (tertiary/aromatic N) is 1. The summed E-state index contributed by atoms with van der Waals surface area (Å²) in [6.45, 7) is 7.02. The molecule has 0 amide bonds. The molecular formula is C13H21NO. The Morgan fingerprint density at radius 3 is 2.27 bits per heavy atom. The minimum atomic E-state index is -0.257. The van der Waals surface area contributed by atoms with Gasteiger partial charge in [-0.3, -0.25) is 0 Å². The van der Waals surface area contributed by atoms with E-state index >= 15 is 0 Å². The van der Waals surface area contributed by atoms with Crippen molar-refractivity contribution in [1.29, 1.82) is 0 Å². The Morgan fingerprint density at radius 2 is 1.73 bits per heavy atom. The molecule has 0 fully saturated rings. The second-order valence-corrected chi connectivity index (χ2v) is 3.83. The van der Waals surface area contributed by atoms with Crippen LogP contribution in [-0.2, 0) is 6.42 Å². The molecule has 0 heterocycles. The summed E-state index contributed by atoms with van der Waals surface area (Å²) in [5, 5.41) is 9.89. The Morgan fingerprint density at radius 1 is 1.13 bits per heavy atom. The summed E-state index contributed by atoms with van der Waals surface area (Å²) in [6.07, 6.45) is 0.490. The lowest BCUT2D eigenvalue weighted by Gasteiger charge is -2.21. The summed E-state index contributed by atoms with van der Waals surface area (Å²) in [5.41, 5.74) is 1.21. The summed E-state index contributed by atoms with van der Waals surface area (Å²) in [5.74, 6) is 0. The van der Waals surface area contributed by atoms with Gasteiger partial charge in [-0.15, -0.1) is 0 Å². The van der Waals surface area contributed by atoms with E-state index in [-0.39, 0.29) is 6.10 Å². The second kappa shape index (κ2) is 6.59. The Balaban J connectivity index is 2.39. The van der Waals surface area contributed by atoms with Crippen LogP contribution in [-0.4, -0.2) is 35.7 Å². The molecule has 0 aliphatic heterocycles. The Bertz CT molecular complexity index is 256. The summed E-state index contributed by atoms with van der Waals surface area (Å²) < 4.78 is 0. The highest BCUT2D eigenvalue weighted by atomic mass is 16.3. The van der Waals surface area contributed by atoms with E-state index in [4.69, 9.17) is 0 Å². The standard InChI is InChI=1S/C13H21NO/c1-3-14(4-2)11-13(15)10-12-8-6-5-7-9-12/h5-9,13,15H,3-4,10-11H2,1-2H3/t13-/m0/s1. The van der Waals surface area contributed by atoms with Gasteiger partial charge in [0, 0.05) is 6.54 Å². The van der Waals surface area contributed by atoms with Crippen LogP contribution >= 0.6 is 0 Å². The zero-order valence-electron chi connectivity index (χ0n) is 9.69. The Kier molecular flexibility index (Phi) is 5.37. The normalized spacial score (nSPS) is 13.1. The lowest BCUT2D eigenvalue weighted by atomic mass is 10.1. The highest BCUT2D eigenvalue weighted by Crippen LogP contribution is 2.04. The molecule has 0 spiro atoms. The van der Waals surface area contributed by atoms with E-state index in [1.807, 2.05) is 18.2 Å². The van der Waals surface area contributed by atoms with Gasteiger partial charge in [-0.05, 0) is 25.1 Å². The molecule has 1 atom stereocenters. The highest BCUT2D eigenvalue weighted by Gasteiger charge is 2.09. The van der Waals surface area contributed by atoms with Gasteiger partial charge in [0.15, 0.2) is 0 Å². The van der Waals surface area contributed by atoms with Crippen LogP contribution in [0.2, 0.25) is 0 Å². The molecule has 0 radical (unpaired) electrons. The molecule has 0 aromatic heterocycles. The topological polar surface area (TPSA) is 23.5 Å². The van der Waals surface area contributed by atoms with Crippen molar-refractivity contribution in [1.82, 2.24) is 4.90 Å². The molecule has 0 saturated carbocycles. The van der Waals surface area contributed by atoms with Crippen molar-refractivity contribution in [3.8, 4) is 0 Å². The fourth-order valence-corrected chi connectivity index (χ4v) is 1.73. The maximum Gasteiger partial charge on any atom is 0.0707 e. The average molecular weight is 207 g/mol. The first-order valence-electron chi connectivity index (χ1n) is 5.70. The second-order valence-electron chi connectivity index (χ2n) is 3.83. The zero-order chi connectivity index (χ0) is 11.1. The molecule has 0 bridgehead atoms. The largest absolute Gasteiger partial charge is 0.391 e. The third-order valence-corrected chi connectivity index (χ3v) is 2.68. The third kappa shape index (κ3) is 4.45. The van der Waals surface area contributed by atoms with Crippen molar-refractivity contribution in [3.05, 3.63) is 35.9 Å². The van der Waals surface area contributed by atoms with Gasteiger partial charge in [-0.2, -0.15) is 0 Å². The van der Waals surface area contributed by atoms with Crippen LogP contribution in [0.5, 0.6) is 0 Å². The highest BCUT2D eigenvalue weighted by molar-refractivity contribution is 5.15. The fraction of sp³-hybridized carbons (Fsp3) is 0.538. The number of aliphatic hydroxyl groups excluding tert-OH is 1. The van der Waals surface area contributed by atoms with Crippen molar-refractivity contribution in [2.75, 3.05) is 19.6 Å². The predicted molar refractivity (Wildman–Crippen MR) is 63.9 cm³/mol. The molecule has 1 rings (SSSR count). The smallest absolute Gasteiger partial charge is 0.0707 e. The summed E-state index contributed by atoms with van der Waals surface area (Å²) >= 11 is 0. The number of likely N-dealkylation sites (N-methyl/N-ethyl adjacent to an activating group) is 1. The van der Waals surface area contributed by atoms with Gasteiger partial charge in [-0.1, -0.05) is 44.2 Å². The van der Waals surface area contributed by atoms with Gasteiger partial charge in [0.25, 0.3) is 0 Å². The molecule has 1 aromatic carbocycles. The van der Waals surface area contributed by atoms with E-state index in [9.17, 15) is 5.11 Å². The van der Waals surface area contributed by atoms with Gasteiger partial charge in [0.1, 0.15) is 0 Å². The fourth-order valence-electron chi connectivity index (χ4n) is 1.73. The minimum absolute atomic E-state index is 0.257. The number of rotatable bonds is 6. The van der Waals surface area contributed by atoms with Crippen LogP contribution in [0.25, 0.3) is 0 Å². The van der Waals surface area contributed by atoms with Crippen molar-refractivity contribution < 1.29 is 5.11 Å². The van der Waals surface area contributed by atoms with Gasteiger partial charge in [0.2, 0.25) is 0 Å². The van der Waals surface area contributed by atoms with Crippen LogP contribution < -0.4 is 0 Å². The molecule has 0 saturated heterocycles. The number of benzene rings is 1. The Labute approximate surface area is 92.5 Å². The van der Waals surface area contributed by atoms with Crippen LogP contribution in [0.3, 0.4) is 0 Å². The van der Waals surface area contributed by atoms with Gasteiger partial charge >= 0.3 is 0 Å². The SMILES string of the molecule is CCN(CC)C[C@@H](O)Cc1ccccc1. The van der Waals surface area contributed by atoms with Crippen molar-refractivity contribution >= 4 is 0 Å². The van der Waals surface area contributed by atoms with Crippen LogP contribution in [0.1, 0.15) is 19.4 Å². The van der Waals surface area contributed by atoms with Gasteiger partial charge < -0.3 is 10.0 Å². The molecule has 0 aliphatic carbocycles. The summed E-state index contributed by atoms with van der Waals surface area (Å²) in [4.78, 5) is 2.24. The van der Waals surface area contributed by atoms with Gasteiger partial charge in [0.05, 0.1) is 6.10 Å². The molecule has 0 aliphatic rings. The predicted octanol–water partition coefficient (Wildman–Crippen LogP) is 1.93. The summed E-state index contributed by atoms with van der Waals surface area (Å²) in [7, 11) is 0. The van der Waals surface area contributed by atoms with Crippen LogP contribution in [0, 0.1) is 0 Å². The number of hydrogen-bond acceptors (Lipinski definition) is 2. The first-order valence-corrected chi connectivity index (χ1v) is 5.70. The lowest BCUT2D eigenvalue weighted by Crippen LogP contribution is -2.33. The monoisotopic (exact) mass is 207 g/mol. The van der Waals surface area contributed by atoms with E-state index in [2.05, 4.69) is 30.9 Å². The lowest BCUT2D eigenvalue weighted by molar-refractivity contribution is 0.118. The zero-order valence-corrected chi connectivity index (χ0v) is 9.69. The molecule has 2 heteroatoms. The number of hydrogen-bond donors (Lipinski definition) is 1. The minimum Gasteiger partial charge on any atom is -0.391 e. The maximum absolute atomic E-state index is 9.89. The molecule has 0 unspecified atom stereocenters. The molecule has 1 N–H and O–H groups in total. The quantitative estimate of drug-likeness (QED) is 0.770. The van der Waals surface area contributed by atoms with E-state index < -0.39 is 0 Å². The first kappa shape index (κ1) is 12.2. The van der Waals surface area contributed by atoms with Crippen LogP contribution in [0.4, 0.5) is 0 Å². The summed E-state index contributed by atoms with van der Waals surface area (Å²) in [6, 6.07) is 10.1. The maximum atomic E-state index is 9.89. The van der Waals surface area contributed by atoms with Crippen molar-refractivity contribution in [2.45, 2.75) is 26.4 Å². The molecule has 84 valence electrons. The first-order chi connectivity index (χ1) is 7.26. The molecular weight excluding hydrogens is 186 g/mol. The van der Waals surface area contributed by atoms with Gasteiger partial charge in [-0.25, -0.2) is 0 Å². The average Bonchev–Trinajstić information content (AvgIpc) is 2.27. The van der Waals surface area contributed by atoms with E-state index in [0.29, 0.717) is 0 Å². The molecule has 1 aromatic rings. The van der Waals surface area contributed by atoms with Crippen LogP contribution in [0.15, 0.2) is 30.3 Å². The molecule has 2 nitrogen and oxygen atoms in total. The number of aliphatic hydroxyl groups is 1. The van der Waals surface area contributed by atoms with E-state index in [1.165, 1.54) is 5.56 Å². The molecule has 15 heavy (non-hydrogen) atoms. The van der Waals surface area contributed by atoms with E-state index in [0.717, 1.165) is 26.1 Å². The van der Waals surface area contributed by atoms with Crippen molar-refractivity contribution in [2.24, 2.45) is 0 Å².